The summed E-state index contributed by atoms with van der Waals surface area (Å²) in [6.07, 6.45) is -0.611. The Morgan fingerprint density at radius 1 is 1.00 bits per heavy atom. The fraction of sp³-hybridized carbons (Fsp3) is 0.133. The highest BCUT2D eigenvalue weighted by molar-refractivity contribution is 9.39. The fourth-order valence-corrected chi connectivity index (χ4v) is 3.11. The van der Waals surface area contributed by atoms with Crippen LogP contribution in [0, 0.1) is 0 Å². The molecule has 1 atom stereocenters. The van der Waals surface area contributed by atoms with Gasteiger partial charge in [0.2, 0.25) is 10.0 Å². The van der Waals surface area contributed by atoms with Crippen molar-refractivity contribution in [2.45, 2.75) is 13.2 Å². The Bertz CT molecular complexity index is 838. The largest absolute Gasteiger partial charge is 0.363 e. The summed E-state index contributed by atoms with van der Waals surface area (Å²) < 4.78 is 21.8. The van der Waals surface area contributed by atoms with Crippen LogP contribution >= 0.6 is 47.8 Å². The molecule has 0 heterocycles. The Morgan fingerprint density at radius 2 is 1.56 bits per heavy atom. The second kappa shape index (κ2) is 8.17. The highest BCUT2D eigenvalue weighted by atomic mass is 80.0. The molecule has 0 aliphatic rings. The van der Waals surface area contributed by atoms with E-state index in [0.29, 0.717) is 11.3 Å². The zero-order valence-corrected chi connectivity index (χ0v) is 18.2. The molecule has 4 N–H and O–H groups in total. The molecule has 0 radical (unpaired) electrons. The number of amides is 1. The zero-order valence-electron chi connectivity index (χ0n) is 12.6. The first kappa shape index (κ1) is 20.4. The highest BCUT2D eigenvalue weighted by Gasteiger charge is 2.32. The summed E-state index contributed by atoms with van der Waals surface area (Å²) in [5.74, 6) is -0.276. The second-order valence-corrected chi connectivity index (χ2v) is 13.5. The molecule has 134 valence electrons. The maximum Gasteiger partial charge on any atom is 0.252 e. The number of hydrogen-bond donors (Lipinski definition) is 3. The van der Waals surface area contributed by atoms with Gasteiger partial charge in [-0.25, -0.2) is 13.6 Å². The van der Waals surface area contributed by atoms with E-state index in [-0.39, 0.29) is 10.8 Å². The van der Waals surface area contributed by atoms with Crippen LogP contribution in [0.25, 0.3) is 0 Å². The smallest absolute Gasteiger partial charge is 0.252 e. The minimum absolute atomic E-state index is 0.00529. The van der Waals surface area contributed by atoms with Crippen molar-refractivity contribution < 1.29 is 13.2 Å². The van der Waals surface area contributed by atoms with Gasteiger partial charge in [0.25, 0.3) is 5.91 Å². The summed E-state index contributed by atoms with van der Waals surface area (Å²) in [5.41, 5.74) is 1.10. The van der Waals surface area contributed by atoms with E-state index >= 15 is 0 Å². The molecule has 2 aromatic carbocycles. The molecule has 0 aliphatic heterocycles. The molecule has 10 heteroatoms. The van der Waals surface area contributed by atoms with Crippen molar-refractivity contribution >= 4 is 69.4 Å². The lowest BCUT2D eigenvalue weighted by Gasteiger charge is -2.28. The van der Waals surface area contributed by atoms with E-state index in [4.69, 9.17) is 5.14 Å². The van der Waals surface area contributed by atoms with E-state index in [0.717, 1.165) is 0 Å². The molecular weight excluding hydrogens is 542 g/mol. The lowest BCUT2D eigenvalue weighted by Crippen LogP contribution is -2.48. The fourth-order valence-electron chi connectivity index (χ4n) is 1.91. The lowest BCUT2D eigenvalue weighted by molar-refractivity contribution is 0.0943. The molecule has 0 aromatic heterocycles. The Balaban J connectivity index is 2.17. The number of carbonyl (C=O) groups is 1. The van der Waals surface area contributed by atoms with Gasteiger partial charge in [-0.05, 0) is 36.4 Å². The van der Waals surface area contributed by atoms with Crippen molar-refractivity contribution in [1.82, 2.24) is 5.32 Å². The first-order valence-electron chi connectivity index (χ1n) is 6.89. The summed E-state index contributed by atoms with van der Waals surface area (Å²) in [7, 11) is -3.76. The number of alkyl halides is 3. The summed E-state index contributed by atoms with van der Waals surface area (Å²) in [4.78, 5) is 12.4. The Labute approximate surface area is 171 Å². The van der Waals surface area contributed by atoms with E-state index in [9.17, 15) is 13.2 Å². The molecule has 0 aliphatic carbocycles. The van der Waals surface area contributed by atoms with Crippen molar-refractivity contribution in [3.63, 3.8) is 0 Å². The predicted molar refractivity (Wildman–Crippen MR) is 109 cm³/mol. The zero-order chi connectivity index (χ0) is 18.7. The van der Waals surface area contributed by atoms with Crippen LogP contribution in [-0.4, -0.2) is 22.6 Å². The first-order valence-corrected chi connectivity index (χ1v) is 10.8. The number of halogens is 3. The van der Waals surface area contributed by atoms with Gasteiger partial charge in [0.1, 0.15) is 6.17 Å². The van der Waals surface area contributed by atoms with Crippen molar-refractivity contribution in [1.29, 1.82) is 0 Å². The number of nitrogens with one attached hydrogen (secondary N) is 2. The number of rotatable bonds is 5. The normalized spacial score (nSPS) is 13.1. The standard InChI is InChI=1S/C15H14Br3N3O3S/c16-15(17,18)14(21-13(22)10-4-2-1-3-5-10)20-11-6-8-12(9-7-11)25(19,23)24/h1-9,14,20H,(H,21,22)(H2,19,23,24)/t14-/m1/s1. The average Bonchev–Trinajstić information content (AvgIpc) is 2.54. The van der Waals surface area contributed by atoms with Gasteiger partial charge in [0, 0.05) is 11.3 Å². The number of hydrogen-bond acceptors (Lipinski definition) is 4. The molecule has 0 bridgehead atoms. The van der Waals surface area contributed by atoms with Crippen molar-refractivity contribution in [2.24, 2.45) is 5.14 Å². The molecule has 0 saturated heterocycles. The molecule has 0 spiro atoms. The SMILES string of the molecule is NS(=O)(=O)c1ccc(N[C@H](NC(=O)c2ccccc2)C(Br)(Br)Br)cc1. The minimum Gasteiger partial charge on any atom is -0.363 e. The Morgan fingerprint density at radius 3 is 2.04 bits per heavy atom. The molecule has 25 heavy (non-hydrogen) atoms. The summed E-state index contributed by atoms with van der Waals surface area (Å²) in [5, 5.41) is 11.0. The average molecular weight is 556 g/mol. The third kappa shape index (κ3) is 6.07. The molecule has 6 nitrogen and oxygen atoms in total. The third-order valence-corrected chi connectivity index (χ3v) is 5.44. The summed E-state index contributed by atoms with van der Waals surface area (Å²) in [6, 6.07) is 14.6. The van der Waals surface area contributed by atoms with E-state index in [2.05, 4.69) is 58.4 Å². The number of sulfonamides is 1. The maximum absolute atomic E-state index is 12.4. The second-order valence-electron chi connectivity index (χ2n) is 5.03. The van der Waals surface area contributed by atoms with Crippen LogP contribution in [0.2, 0.25) is 0 Å². The minimum atomic E-state index is -3.76. The van der Waals surface area contributed by atoms with Gasteiger partial charge in [-0.3, -0.25) is 4.79 Å². The molecule has 2 rings (SSSR count). The molecule has 0 saturated carbocycles. The van der Waals surface area contributed by atoms with Gasteiger partial charge in [-0.2, -0.15) is 0 Å². The van der Waals surface area contributed by atoms with Crippen molar-refractivity contribution in [3.05, 3.63) is 60.2 Å². The van der Waals surface area contributed by atoms with Crippen LogP contribution in [0.3, 0.4) is 0 Å². The van der Waals surface area contributed by atoms with Gasteiger partial charge in [0.15, 0.2) is 2.14 Å². The first-order chi connectivity index (χ1) is 11.6. The quantitative estimate of drug-likeness (QED) is 0.389. The molecule has 0 fully saturated rings. The number of anilines is 1. The Hall–Kier alpha value is -0.940. The van der Waals surface area contributed by atoms with Gasteiger partial charge in [-0.15, -0.1) is 0 Å². The van der Waals surface area contributed by atoms with Crippen molar-refractivity contribution in [2.75, 3.05) is 5.32 Å². The third-order valence-electron chi connectivity index (χ3n) is 3.13. The van der Waals surface area contributed by atoms with E-state index in [1.807, 2.05) is 6.07 Å². The van der Waals surface area contributed by atoms with Crippen LogP contribution in [0.15, 0.2) is 59.5 Å². The molecule has 0 unspecified atom stereocenters. The van der Waals surface area contributed by atoms with Gasteiger partial charge < -0.3 is 10.6 Å². The van der Waals surface area contributed by atoms with Gasteiger partial charge in [0.05, 0.1) is 4.90 Å². The lowest BCUT2D eigenvalue weighted by atomic mass is 10.2. The monoisotopic (exact) mass is 553 g/mol. The Kier molecular flexibility index (Phi) is 6.66. The van der Waals surface area contributed by atoms with Crippen LogP contribution in [-0.2, 0) is 10.0 Å². The summed E-state index contributed by atoms with van der Waals surface area (Å²) in [6.45, 7) is 0. The predicted octanol–water partition coefficient (Wildman–Crippen LogP) is 3.34. The topological polar surface area (TPSA) is 101 Å². The molecule has 1 amide bonds. The van der Waals surface area contributed by atoms with Crippen LogP contribution < -0.4 is 15.8 Å². The van der Waals surface area contributed by atoms with Crippen LogP contribution in [0.1, 0.15) is 10.4 Å². The maximum atomic E-state index is 12.4. The van der Waals surface area contributed by atoms with Crippen molar-refractivity contribution in [3.8, 4) is 0 Å². The number of nitrogens with two attached hydrogens (primary N) is 1. The van der Waals surface area contributed by atoms with Crippen LogP contribution in [0.5, 0.6) is 0 Å². The highest BCUT2D eigenvalue weighted by Crippen LogP contribution is 2.37. The molecular formula is C15H14Br3N3O3S. The van der Waals surface area contributed by atoms with Crippen LogP contribution in [0.4, 0.5) is 5.69 Å². The summed E-state index contributed by atoms with van der Waals surface area (Å²) >= 11 is 10.2. The van der Waals surface area contributed by atoms with E-state index in [1.54, 1.807) is 36.4 Å². The van der Waals surface area contributed by atoms with E-state index in [1.165, 1.54) is 12.1 Å². The number of primary sulfonamides is 1. The van der Waals surface area contributed by atoms with Gasteiger partial charge in [-0.1, -0.05) is 66.0 Å². The van der Waals surface area contributed by atoms with E-state index < -0.39 is 18.3 Å². The molecule has 2 aromatic rings. The number of carbonyl (C=O) groups excluding carboxylic acids is 1. The van der Waals surface area contributed by atoms with Gasteiger partial charge >= 0.3 is 0 Å². The number of benzene rings is 2.